The first kappa shape index (κ1) is 14.1. The molecule has 0 saturated heterocycles. The van der Waals surface area contributed by atoms with Crippen LogP contribution in [0.5, 0.6) is 5.75 Å². The number of rotatable bonds is 5. The minimum absolute atomic E-state index is 0.0313. The van der Waals surface area contributed by atoms with Crippen molar-refractivity contribution in [2.75, 3.05) is 13.7 Å². The van der Waals surface area contributed by atoms with Crippen LogP contribution in [0.4, 0.5) is 0 Å². The summed E-state index contributed by atoms with van der Waals surface area (Å²) in [6.07, 6.45) is 1.88. The van der Waals surface area contributed by atoms with Crippen molar-refractivity contribution >= 4 is 16.9 Å². The van der Waals surface area contributed by atoms with Crippen LogP contribution in [0.25, 0.3) is 11.0 Å². The van der Waals surface area contributed by atoms with Crippen LogP contribution in [0, 0.1) is 0 Å². The van der Waals surface area contributed by atoms with Gasteiger partial charge in [0.1, 0.15) is 11.3 Å². The maximum atomic E-state index is 12.0. The van der Waals surface area contributed by atoms with E-state index >= 15 is 0 Å². The molecule has 5 nitrogen and oxygen atoms in total. The monoisotopic (exact) mass is 275 g/mol. The molecule has 0 spiro atoms. The van der Waals surface area contributed by atoms with Crippen LogP contribution >= 0.6 is 0 Å². The van der Waals surface area contributed by atoms with E-state index in [-0.39, 0.29) is 17.1 Å². The Bertz CT molecular complexity index is 675. The zero-order valence-electron chi connectivity index (χ0n) is 11.6. The van der Waals surface area contributed by atoms with Crippen molar-refractivity contribution < 1.29 is 13.9 Å². The molecule has 5 heteroatoms. The second-order valence-electron chi connectivity index (χ2n) is 4.45. The Kier molecular flexibility index (Phi) is 4.40. The van der Waals surface area contributed by atoms with Crippen LogP contribution in [0.2, 0.25) is 0 Å². The second kappa shape index (κ2) is 6.23. The third-order valence-corrected chi connectivity index (χ3v) is 2.97. The summed E-state index contributed by atoms with van der Waals surface area (Å²) in [4.78, 5) is 23.9. The normalized spacial score (nSPS) is 10.5. The lowest BCUT2D eigenvalue weighted by Crippen LogP contribution is -2.25. The summed E-state index contributed by atoms with van der Waals surface area (Å²) < 4.78 is 10.5. The largest absolute Gasteiger partial charge is 0.497 e. The molecule has 0 radical (unpaired) electrons. The summed E-state index contributed by atoms with van der Waals surface area (Å²) in [5, 5.41) is 3.12. The fraction of sp³-hybridized carbons (Fsp3) is 0.333. The molecule has 1 heterocycles. The van der Waals surface area contributed by atoms with E-state index in [0.717, 1.165) is 12.8 Å². The number of benzene rings is 1. The summed E-state index contributed by atoms with van der Waals surface area (Å²) in [5.41, 5.74) is 0.115. The van der Waals surface area contributed by atoms with Crippen LogP contribution in [-0.4, -0.2) is 19.6 Å². The van der Waals surface area contributed by atoms with Gasteiger partial charge in [0, 0.05) is 12.6 Å². The molecule has 0 atom stereocenters. The maximum absolute atomic E-state index is 12.0. The third-order valence-electron chi connectivity index (χ3n) is 2.97. The fourth-order valence-electron chi connectivity index (χ4n) is 1.84. The van der Waals surface area contributed by atoms with E-state index in [1.807, 2.05) is 6.92 Å². The molecule has 0 fully saturated rings. The number of ether oxygens (including phenoxy) is 1. The molecule has 1 amide bonds. The lowest BCUT2D eigenvalue weighted by Gasteiger charge is -2.05. The first-order valence-corrected chi connectivity index (χ1v) is 6.55. The van der Waals surface area contributed by atoms with E-state index in [1.54, 1.807) is 18.2 Å². The van der Waals surface area contributed by atoms with Crippen molar-refractivity contribution in [2.45, 2.75) is 19.8 Å². The third kappa shape index (κ3) is 2.99. The lowest BCUT2D eigenvalue weighted by molar-refractivity contribution is 0.0926. The van der Waals surface area contributed by atoms with Crippen molar-refractivity contribution in [1.29, 1.82) is 0 Å². The first-order chi connectivity index (χ1) is 9.65. The molecule has 0 unspecified atom stereocenters. The van der Waals surface area contributed by atoms with Crippen LogP contribution in [-0.2, 0) is 0 Å². The zero-order chi connectivity index (χ0) is 14.5. The van der Waals surface area contributed by atoms with Crippen LogP contribution < -0.4 is 15.5 Å². The summed E-state index contributed by atoms with van der Waals surface area (Å²) in [6.45, 7) is 2.61. The van der Waals surface area contributed by atoms with Gasteiger partial charge in [-0.15, -0.1) is 0 Å². The number of methoxy groups -OCH3 is 1. The number of unbranched alkanes of at least 4 members (excludes halogenated alkanes) is 1. The van der Waals surface area contributed by atoms with Crippen molar-refractivity contribution in [3.63, 3.8) is 0 Å². The van der Waals surface area contributed by atoms with E-state index in [4.69, 9.17) is 9.15 Å². The average Bonchev–Trinajstić information content (AvgIpc) is 2.47. The molecule has 0 aliphatic heterocycles. The number of hydrogen-bond donors (Lipinski definition) is 1. The minimum atomic E-state index is -0.367. The molecule has 1 N–H and O–H groups in total. The highest BCUT2D eigenvalue weighted by Gasteiger charge is 2.12. The van der Waals surface area contributed by atoms with Gasteiger partial charge in [0.2, 0.25) is 0 Å². The van der Waals surface area contributed by atoms with Crippen LogP contribution in [0.3, 0.4) is 0 Å². The lowest BCUT2D eigenvalue weighted by atomic mass is 10.2. The van der Waals surface area contributed by atoms with Gasteiger partial charge >= 0.3 is 0 Å². The van der Waals surface area contributed by atoms with E-state index < -0.39 is 0 Å². The second-order valence-corrected chi connectivity index (χ2v) is 4.45. The number of amides is 1. The highest BCUT2D eigenvalue weighted by atomic mass is 16.5. The van der Waals surface area contributed by atoms with Gasteiger partial charge < -0.3 is 14.5 Å². The van der Waals surface area contributed by atoms with Crippen molar-refractivity contribution in [3.8, 4) is 5.75 Å². The molecule has 20 heavy (non-hydrogen) atoms. The predicted octanol–water partition coefficient (Wildman–Crippen LogP) is 2.33. The summed E-state index contributed by atoms with van der Waals surface area (Å²) in [7, 11) is 1.53. The fourth-order valence-corrected chi connectivity index (χ4v) is 1.84. The Labute approximate surface area is 116 Å². The molecule has 1 aromatic carbocycles. The van der Waals surface area contributed by atoms with Gasteiger partial charge in [-0.25, -0.2) is 0 Å². The molecule has 0 aliphatic carbocycles. The maximum Gasteiger partial charge on any atom is 0.287 e. The number of hydrogen-bond acceptors (Lipinski definition) is 4. The Hall–Kier alpha value is -2.30. The first-order valence-electron chi connectivity index (χ1n) is 6.55. The molecule has 1 aromatic heterocycles. The van der Waals surface area contributed by atoms with Gasteiger partial charge in [0.05, 0.1) is 12.5 Å². The SMILES string of the molecule is CCCCNC(=O)c1cc(=O)c2cc(OC)ccc2o1. The van der Waals surface area contributed by atoms with Crippen LogP contribution in [0.1, 0.15) is 30.3 Å². The van der Waals surface area contributed by atoms with Crippen molar-refractivity contribution in [2.24, 2.45) is 0 Å². The predicted molar refractivity (Wildman–Crippen MR) is 76.3 cm³/mol. The number of carbonyl (C=O) groups is 1. The van der Waals surface area contributed by atoms with Crippen LogP contribution in [0.15, 0.2) is 33.5 Å². The smallest absolute Gasteiger partial charge is 0.287 e. The quantitative estimate of drug-likeness (QED) is 0.850. The van der Waals surface area contributed by atoms with Gasteiger partial charge in [-0.2, -0.15) is 0 Å². The van der Waals surface area contributed by atoms with Gasteiger partial charge in [-0.1, -0.05) is 13.3 Å². The number of fused-ring (bicyclic) bond motifs is 1. The van der Waals surface area contributed by atoms with E-state index in [2.05, 4.69) is 5.32 Å². The molecule has 2 aromatic rings. The van der Waals surface area contributed by atoms with Crippen molar-refractivity contribution in [1.82, 2.24) is 5.32 Å². The Morgan fingerprint density at radius 2 is 2.15 bits per heavy atom. The highest BCUT2D eigenvalue weighted by Crippen LogP contribution is 2.18. The molecule has 0 saturated carbocycles. The Morgan fingerprint density at radius 1 is 1.35 bits per heavy atom. The summed E-state index contributed by atoms with van der Waals surface area (Å²) in [6, 6.07) is 6.12. The molecular weight excluding hydrogens is 258 g/mol. The number of nitrogens with one attached hydrogen (secondary N) is 1. The molecule has 2 rings (SSSR count). The minimum Gasteiger partial charge on any atom is -0.497 e. The number of carbonyl (C=O) groups excluding carboxylic acids is 1. The van der Waals surface area contributed by atoms with Gasteiger partial charge in [-0.05, 0) is 24.6 Å². The van der Waals surface area contributed by atoms with E-state index in [1.165, 1.54) is 13.2 Å². The molecular formula is C15H17NO4. The van der Waals surface area contributed by atoms with E-state index in [0.29, 0.717) is 23.3 Å². The van der Waals surface area contributed by atoms with Gasteiger partial charge in [0.15, 0.2) is 11.2 Å². The Balaban J connectivity index is 2.33. The van der Waals surface area contributed by atoms with Gasteiger partial charge in [0.25, 0.3) is 5.91 Å². The topological polar surface area (TPSA) is 68.5 Å². The summed E-state index contributed by atoms with van der Waals surface area (Å²) >= 11 is 0. The molecule has 0 bridgehead atoms. The summed E-state index contributed by atoms with van der Waals surface area (Å²) in [5.74, 6) is 0.238. The van der Waals surface area contributed by atoms with Gasteiger partial charge in [-0.3, -0.25) is 9.59 Å². The zero-order valence-corrected chi connectivity index (χ0v) is 11.6. The highest BCUT2D eigenvalue weighted by molar-refractivity contribution is 5.93. The Morgan fingerprint density at radius 3 is 2.85 bits per heavy atom. The molecule has 0 aliphatic rings. The van der Waals surface area contributed by atoms with E-state index in [9.17, 15) is 9.59 Å². The molecule has 106 valence electrons. The standard InChI is InChI=1S/C15H17NO4/c1-3-4-7-16-15(18)14-9-12(17)11-8-10(19-2)5-6-13(11)20-14/h5-6,8-9H,3-4,7H2,1-2H3,(H,16,18). The average molecular weight is 275 g/mol. The van der Waals surface area contributed by atoms with Crippen molar-refractivity contribution in [3.05, 3.63) is 40.2 Å².